The van der Waals surface area contributed by atoms with Crippen molar-refractivity contribution in [3.63, 3.8) is 0 Å². The van der Waals surface area contributed by atoms with Gasteiger partial charge in [0.2, 0.25) is 11.8 Å². The van der Waals surface area contributed by atoms with Crippen molar-refractivity contribution in [2.24, 2.45) is 0 Å². The Morgan fingerprint density at radius 1 is 1.42 bits per heavy atom. The molecule has 98 valence electrons. The van der Waals surface area contributed by atoms with Crippen molar-refractivity contribution in [1.29, 1.82) is 0 Å². The van der Waals surface area contributed by atoms with Crippen LogP contribution in [-0.4, -0.2) is 23.0 Å². The fourth-order valence-corrected chi connectivity index (χ4v) is 2.72. The molecule has 6 heteroatoms. The molecule has 1 fully saturated rings. The molecule has 2 heterocycles. The van der Waals surface area contributed by atoms with E-state index >= 15 is 0 Å². The number of halogens is 2. The number of nitrogens with zero attached hydrogens (tertiary/aromatic N) is 2. The van der Waals surface area contributed by atoms with Gasteiger partial charge in [0.05, 0.1) is 5.38 Å². The average molecular weight is 342 g/mol. The van der Waals surface area contributed by atoms with E-state index in [0.717, 1.165) is 10.0 Å². The fourth-order valence-electron chi connectivity index (χ4n) is 2.05. The van der Waals surface area contributed by atoms with Gasteiger partial charge in [-0.05, 0) is 12.1 Å². The number of alkyl halides is 1. The maximum Gasteiger partial charge on any atom is 0.234 e. The third kappa shape index (κ3) is 2.53. The molecule has 1 saturated heterocycles. The molecule has 0 saturated carbocycles. The van der Waals surface area contributed by atoms with Crippen molar-refractivity contribution in [3.8, 4) is 11.3 Å². The van der Waals surface area contributed by atoms with Crippen LogP contribution < -0.4 is 4.90 Å². The summed E-state index contributed by atoms with van der Waals surface area (Å²) < 4.78 is 6.21. The predicted octanol–water partition coefficient (Wildman–Crippen LogP) is 3.45. The second kappa shape index (κ2) is 4.98. The van der Waals surface area contributed by atoms with E-state index in [1.54, 1.807) is 6.07 Å². The van der Waals surface area contributed by atoms with Crippen molar-refractivity contribution in [1.82, 2.24) is 5.16 Å². The quantitative estimate of drug-likeness (QED) is 0.786. The van der Waals surface area contributed by atoms with Crippen LogP contribution in [0, 0.1) is 0 Å². The number of aromatic nitrogens is 1. The van der Waals surface area contributed by atoms with Gasteiger partial charge in [-0.1, -0.05) is 33.2 Å². The van der Waals surface area contributed by atoms with Gasteiger partial charge in [0.1, 0.15) is 5.69 Å². The number of benzene rings is 1. The first kappa shape index (κ1) is 12.7. The second-order valence-electron chi connectivity index (χ2n) is 4.37. The van der Waals surface area contributed by atoms with Crippen LogP contribution in [0.25, 0.3) is 11.3 Å². The Balaban J connectivity index is 1.90. The third-order valence-corrected chi connectivity index (χ3v) is 3.75. The van der Waals surface area contributed by atoms with Gasteiger partial charge in [-0.3, -0.25) is 9.69 Å². The standard InChI is InChI=1S/C13H10BrClN2O2/c14-9-3-1-2-8(4-9)11-6-13(19-16-11)17-7-10(15)5-12(17)18/h1-4,6,10H,5,7H2. The minimum atomic E-state index is -0.160. The topological polar surface area (TPSA) is 46.3 Å². The molecule has 19 heavy (non-hydrogen) atoms. The Morgan fingerprint density at radius 3 is 2.95 bits per heavy atom. The summed E-state index contributed by atoms with van der Waals surface area (Å²) in [7, 11) is 0. The van der Waals surface area contributed by atoms with Crippen molar-refractivity contribution < 1.29 is 9.32 Å². The Bertz CT molecular complexity index is 629. The van der Waals surface area contributed by atoms with E-state index in [1.807, 2.05) is 24.3 Å². The lowest BCUT2D eigenvalue weighted by Gasteiger charge is -2.09. The summed E-state index contributed by atoms with van der Waals surface area (Å²) in [6.45, 7) is 0.466. The lowest BCUT2D eigenvalue weighted by molar-refractivity contribution is -0.117. The molecule has 0 spiro atoms. The lowest BCUT2D eigenvalue weighted by Crippen LogP contribution is -2.23. The molecular formula is C13H10BrClN2O2. The summed E-state index contributed by atoms with van der Waals surface area (Å²) in [5.74, 6) is 0.417. The molecule has 0 aliphatic carbocycles. The number of amides is 1. The van der Waals surface area contributed by atoms with Gasteiger partial charge in [0.25, 0.3) is 0 Å². The zero-order chi connectivity index (χ0) is 13.4. The monoisotopic (exact) mass is 340 g/mol. The van der Waals surface area contributed by atoms with E-state index < -0.39 is 0 Å². The highest BCUT2D eigenvalue weighted by Gasteiger charge is 2.31. The van der Waals surface area contributed by atoms with Crippen molar-refractivity contribution in [2.45, 2.75) is 11.8 Å². The minimum absolute atomic E-state index is 0.0306. The first-order chi connectivity index (χ1) is 9.13. The van der Waals surface area contributed by atoms with Crippen LogP contribution >= 0.6 is 27.5 Å². The number of carbonyl (C=O) groups excluding carboxylic acids is 1. The van der Waals surface area contributed by atoms with Crippen LogP contribution in [0.3, 0.4) is 0 Å². The van der Waals surface area contributed by atoms with Crippen LogP contribution in [0.1, 0.15) is 6.42 Å². The summed E-state index contributed by atoms with van der Waals surface area (Å²) in [4.78, 5) is 13.3. The summed E-state index contributed by atoms with van der Waals surface area (Å²) in [6.07, 6.45) is 0.342. The predicted molar refractivity (Wildman–Crippen MR) is 76.3 cm³/mol. The molecule has 1 aromatic heterocycles. The van der Waals surface area contributed by atoms with E-state index in [-0.39, 0.29) is 11.3 Å². The first-order valence-electron chi connectivity index (χ1n) is 5.80. The fraction of sp³-hybridized carbons (Fsp3) is 0.231. The van der Waals surface area contributed by atoms with E-state index in [9.17, 15) is 4.79 Å². The van der Waals surface area contributed by atoms with Gasteiger partial charge in [-0.15, -0.1) is 11.6 Å². The molecular weight excluding hydrogens is 332 g/mol. The van der Waals surface area contributed by atoms with Crippen LogP contribution in [0.5, 0.6) is 0 Å². The van der Waals surface area contributed by atoms with Crippen molar-refractivity contribution in [2.75, 3.05) is 11.4 Å². The number of hydrogen-bond donors (Lipinski definition) is 0. The van der Waals surface area contributed by atoms with Crippen LogP contribution in [-0.2, 0) is 4.79 Å². The van der Waals surface area contributed by atoms with Gasteiger partial charge in [0.15, 0.2) is 0 Å². The van der Waals surface area contributed by atoms with E-state index in [1.165, 1.54) is 4.90 Å². The van der Waals surface area contributed by atoms with E-state index in [0.29, 0.717) is 24.5 Å². The molecule has 1 unspecified atom stereocenters. The molecule has 4 nitrogen and oxygen atoms in total. The number of carbonyl (C=O) groups is 1. The molecule has 1 aromatic carbocycles. The number of hydrogen-bond acceptors (Lipinski definition) is 3. The minimum Gasteiger partial charge on any atom is -0.338 e. The molecule has 1 amide bonds. The Morgan fingerprint density at radius 2 is 2.26 bits per heavy atom. The van der Waals surface area contributed by atoms with Crippen LogP contribution in [0.15, 0.2) is 39.3 Å². The van der Waals surface area contributed by atoms with Crippen LogP contribution in [0.4, 0.5) is 5.88 Å². The SMILES string of the molecule is O=C1CC(Cl)CN1c1cc(-c2cccc(Br)c2)no1. The summed E-state index contributed by atoms with van der Waals surface area (Å²) in [6, 6.07) is 9.49. The van der Waals surface area contributed by atoms with Crippen molar-refractivity contribution >= 4 is 39.3 Å². The molecule has 0 bridgehead atoms. The van der Waals surface area contributed by atoms with E-state index in [2.05, 4.69) is 21.1 Å². The molecule has 0 radical (unpaired) electrons. The smallest absolute Gasteiger partial charge is 0.234 e. The third-order valence-electron chi connectivity index (χ3n) is 2.96. The largest absolute Gasteiger partial charge is 0.338 e. The first-order valence-corrected chi connectivity index (χ1v) is 7.03. The van der Waals surface area contributed by atoms with Gasteiger partial charge in [-0.2, -0.15) is 0 Å². The number of anilines is 1. The normalized spacial score (nSPS) is 19.2. The Labute approximate surface area is 123 Å². The molecule has 0 N–H and O–H groups in total. The van der Waals surface area contributed by atoms with Gasteiger partial charge in [-0.25, -0.2) is 0 Å². The van der Waals surface area contributed by atoms with Crippen molar-refractivity contribution in [3.05, 3.63) is 34.8 Å². The summed E-state index contributed by atoms with van der Waals surface area (Å²) >= 11 is 9.38. The highest BCUT2D eigenvalue weighted by molar-refractivity contribution is 9.10. The average Bonchev–Trinajstić information content (AvgIpc) is 2.96. The maximum absolute atomic E-state index is 11.7. The highest BCUT2D eigenvalue weighted by Crippen LogP contribution is 2.29. The Kier molecular flexibility index (Phi) is 3.33. The van der Waals surface area contributed by atoms with Gasteiger partial charge in [0, 0.05) is 29.1 Å². The molecule has 1 aliphatic rings. The highest BCUT2D eigenvalue weighted by atomic mass is 79.9. The van der Waals surface area contributed by atoms with Gasteiger partial charge < -0.3 is 4.52 Å². The molecule has 3 rings (SSSR count). The number of rotatable bonds is 2. The molecule has 2 aromatic rings. The maximum atomic E-state index is 11.7. The Hall–Kier alpha value is -1.33. The van der Waals surface area contributed by atoms with E-state index in [4.69, 9.17) is 16.1 Å². The van der Waals surface area contributed by atoms with Gasteiger partial charge >= 0.3 is 0 Å². The summed E-state index contributed by atoms with van der Waals surface area (Å²) in [5, 5.41) is 3.84. The zero-order valence-electron chi connectivity index (χ0n) is 9.85. The molecule has 1 aliphatic heterocycles. The second-order valence-corrected chi connectivity index (χ2v) is 5.90. The lowest BCUT2D eigenvalue weighted by atomic mass is 10.1. The zero-order valence-corrected chi connectivity index (χ0v) is 12.2. The molecule has 1 atom stereocenters. The summed E-state index contributed by atoms with van der Waals surface area (Å²) in [5.41, 5.74) is 1.63. The van der Waals surface area contributed by atoms with Crippen LogP contribution in [0.2, 0.25) is 0 Å².